The number of aryl methyl sites for hydroxylation is 1. The number of hydrogen-bond acceptors (Lipinski definition) is 7. The van der Waals surface area contributed by atoms with Gasteiger partial charge in [0.05, 0.1) is 24.2 Å². The van der Waals surface area contributed by atoms with Crippen LogP contribution >= 0.6 is 11.6 Å². The number of carbonyl (C=O) groups excluding carboxylic acids is 1. The summed E-state index contributed by atoms with van der Waals surface area (Å²) >= 11 is 5.81. The zero-order valence-electron chi connectivity index (χ0n) is 14.0. The standard InChI is InChI=1S/C16H18ClN7O2/c1-2-24-10-5-8(7-25)3-4-9(10)21-11(24)6-20-16(26)12-14(18)23-15(19)13(17)22-12/h3-5,25H,2,6-7H2,1H3,(H,20,26)(H4,18,19,23). The lowest BCUT2D eigenvalue weighted by Gasteiger charge is -2.09. The van der Waals surface area contributed by atoms with Gasteiger partial charge in [-0.05, 0) is 24.6 Å². The fourth-order valence-corrected chi connectivity index (χ4v) is 2.78. The number of nitrogens with zero attached hydrogens (tertiary/aromatic N) is 4. The Kier molecular flexibility index (Phi) is 4.92. The Morgan fingerprint density at radius 2 is 2.04 bits per heavy atom. The van der Waals surface area contributed by atoms with Gasteiger partial charge in [-0.15, -0.1) is 0 Å². The van der Waals surface area contributed by atoms with E-state index in [1.807, 2.05) is 29.7 Å². The van der Waals surface area contributed by atoms with E-state index in [0.29, 0.717) is 12.4 Å². The van der Waals surface area contributed by atoms with Crippen LogP contribution in [0.25, 0.3) is 11.0 Å². The van der Waals surface area contributed by atoms with Gasteiger partial charge in [0.15, 0.2) is 22.5 Å². The van der Waals surface area contributed by atoms with E-state index in [-0.39, 0.29) is 35.6 Å². The minimum atomic E-state index is -0.525. The number of rotatable bonds is 5. The molecule has 0 saturated carbocycles. The summed E-state index contributed by atoms with van der Waals surface area (Å²) < 4.78 is 1.96. The van der Waals surface area contributed by atoms with Crippen LogP contribution in [0.15, 0.2) is 18.2 Å². The molecule has 1 amide bonds. The van der Waals surface area contributed by atoms with Crippen molar-refractivity contribution in [3.05, 3.63) is 40.4 Å². The van der Waals surface area contributed by atoms with E-state index in [1.165, 1.54) is 0 Å². The Bertz CT molecular complexity index is 986. The predicted octanol–water partition coefficient (Wildman–Crippen LogP) is 1.09. The monoisotopic (exact) mass is 375 g/mol. The highest BCUT2D eigenvalue weighted by Gasteiger charge is 2.17. The van der Waals surface area contributed by atoms with Crippen LogP contribution in [0, 0.1) is 0 Å². The van der Waals surface area contributed by atoms with E-state index in [1.54, 1.807) is 0 Å². The summed E-state index contributed by atoms with van der Waals surface area (Å²) in [4.78, 5) is 24.6. The fraction of sp³-hybridized carbons (Fsp3) is 0.250. The lowest BCUT2D eigenvalue weighted by atomic mass is 10.2. The van der Waals surface area contributed by atoms with Crippen LogP contribution in [0.4, 0.5) is 11.6 Å². The van der Waals surface area contributed by atoms with Gasteiger partial charge in [-0.1, -0.05) is 17.7 Å². The molecule has 0 spiro atoms. The molecule has 0 aliphatic carbocycles. The molecule has 1 aromatic carbocycles. The molecule has 2 aromatic heterocycles. The number of nitrogen functional groups attached to an aromatic ring is 2. The molecule has 3 rings (SSSR count). The van der Waals surface area contributed by atoms with Crippen LogP contribution in [0.2, 0.25) is 5.15 Å². The third-order valence-corrected chi connectivity index (χ3v) is 4.20. The Hall–Kier alpha value is -2.91. The molecule has 0 fully saturated rings. The van der Waals surface area contributed by atoms with Gasteiger partial charge in [0.25, 0.3) is 5.91 Å². The van der Waals surface area contributed by atoms with Crippen molar-refractivity contribution in [2.45, 2.75) is 26.6 Å². The highest BCUT2D eigenvalue weighted by atomic mass is 35.5. The van der Waals surface area contributed by atoms with Gasteiger partial charge >= 0.3 is 0 Å². The lowest BCUT2D eigenvalue weighted by Crippen LogP contribution is -2.27. The first-order valence-electron chi connectivity index (χ1n) is 7.90. The number of benzene rings is 1. The van der Waals surface area contributed by atoms with Crippen molar-refractivity contribution in [3.63, 3.8) is 0 Å². The molecule has 3 aromatic rings. The molecule has 0 aliphatic rings. The molecule has 2 heterocycles. The lowest BCUT2D eigenvalue weighted by molar-refractivity contribution is 0.0945. The highest BCUT2D eigenvalue weighted by molar-refractivity contribution is 6.31. The third kappa shape index (κ3) is 3.26. The largest absolute Gasteiger partial charge is 0.392 e. The first-order valence-corrected chi connectivity index (χ1v) is 8.28. The third-order valence-electron chi connectivity index (χ3n) is 3.92. The summed E-state index contributed by atoms with van der Waals surface area (Å²) in [5.74, 6) is 0.0100. The topological polar surface area (TPSA) is 145 Å². The molecule has 136 valence electrons. The van der Waals surface area contributed by atoms with E-state index in [9.17, 15) is 9.90 Å². The predicted molar refractivity (Wildman–Crippen MR) is 98.4 cm³/mol. The molecule has 6 N–H and O–H groups in total. The molecule has 0 saturated heterocycles. The molecule has 0 unspecified atom stereocenters. The number of imidazole rings is 1. The number of amides is 1. The maximum absolute atomic E-state index is 12.4. The minimum absolute atomic E-state index is 0.0341. The van der Waals surface area contributed by atoms with Crippen LogP contribution in [0.5, 0.6) is 0 Å². The second-order valence-corrected chi connectivity index (χ2v) is 5.93. The number of nitrogens with one attached hydrogen (secondary N) is 1. The van der Waals surface area contributed by atoms with E-state index in [0.717, 1.165) is 16.6 Å². The summed E-state index contributed by atoms with van der Waals surface area (Å²) in [6.45, 7) is 2.75. The minimum Gasteiger partial charge on any atom is -0.392 e. The molecular weight excluding hydrogens is 358 g/mol. The smallest absolute Gasteiger partial charge is 0.274 e. The van der Waals surface area contributed by atoms with Crippen molar-refractivity contribution in [1.29, 1.82) is 0 Å². The van der Waals surface area contributed by atoms with Crippen LogP contribution in [-0.2, 0) is 19.7 Å². The Balaban J connectivity index is 1.85. The zero-order valence-corrected chi connectivity index (χ0v) is 14.8. The van der Waals surface area contributed by atoms with Crippen LogP contribution in [0.1, 0.15) is 28.8 Å². The Labute approximate surface area is 154 Å². The normalized spacial score (nSPS) is 11.0. The van der Waals surface area contributed by atoms with Crippen LogP contribution < -0.4 is 16.8 Å². The number of anilines is 2. The second kappa shape index (κ2) is 7.14. The van der Waals surface area contributed by atoms with Crippen molar-refractivity contribution in [2.24, 2.45) is 0 Å². The second-order valence-electron chi connectivity index (χ2n) is 5.57. The summed E-state index contributed by atoms with van der Waals surface area (Å²) in [6.07, 6.45) is 0. The van der Waals surface area contributed by atoms with Crippen LogP contribution in [-0.4, -0.2) is 30.5 Å². The van der Waals surface area contributed by atoms with Gasteiger partial charge in [0.2, 0.25) is 0 Å². The fourth-order valence-electron chi connectivity index (χ4n) is 2.66. The molecular formula is C16H18ClN7O2. The molecule has 26 heavy (non-hydrogen) atoms. The van der Waals surface area contributed by atoms with Crippen molar-refractivity contribution >= 4 is 40.2 Å². The summed E-state index contributed by atoms with van der Waals surface area (Å²) in [5.41, 5.74) is 13.6. The van der Waals surface area contributed by atoms with E-state index in [4.69, 9.17) is 23.1 Å². The number of halogens is 1. The quantitative estimate of drug-likeness (QED) is 0.522. The number of aromatic nitrogens is 4. The number of carbonyl (C=O) groups is 1. The highest BCUT2D eigenvalue weighted by Crippen LogP contribution is 2.19. The zero-order chi connectivity index (χ0) is 18.8. The van der Waals surface area contributed by atoms with Gasteiger partial charge in [0.1, 0.15) is 5.82 Å². The van der Waals surface area contributed by atoms with E-state index in [2.05, 4.69) is 20.3 Å². The molecule has 0 atom stereocenters. The summed E-state index contributed by atoms with van der Waals surface area (Å²) in [6, 6.07) is 5.52. The Morgan fingerprint density at radius 3 is 2.73 bits per heavy atom. The molecule has 0 aliphatic heterocycles. The SMILES string of the molecule is CCn1c(CNC(=O)c2nc(Cl)c(N)nc2N)nc2ccc(CO)cc21. The number of aliphatic hydroxyl groups is 1. The van der Waals surface area contributed by atoms with Gasteiger partial charge in [0, 0.05) is 6.54 Å². The first-order chi connectivity index (χ1) is 12.4. The molecule has 10 heteroatoms. The van der Waals surface area contributed by atoms with Gasteiger partial charge in [-0.3, -0.25) is 4.79 Å². The first kappa shape index (κ1) is 17.9. The van der Waals surface area contributed by atoms with Gasteiger partial charge in [-0.2, -0.15) is 0 Å². The number of hydrogen-bond donors (Lipinski definition) is 4. The maximum Gasteiger partial charge on any atom is 0.274 e. The van der Waals surface area contributed by atoms with Gasteiger partial charge < -0.3 is 26.5 Å². The average molecular weight is 376 g/mol. The maximum atomic E-state index is 12.4. The number of aliphatic hydroxyl groups excluding tert-OH is 1. The van der Waals surface area contributed by atoms with Crippen molar-refractivity contribution in [2.75, 3.05) is 11.5 Å². The van der Waals surface area contributed by atoms with E-state index >= 15 is 0 Å². The molecule has 9 nitrogen and oxygen atoms in total. The summed E-state index contributed by atoms with van der Waals surface area (Å²) in [5, 5.41) is 11.9. The molecule has 0 radical (unpaired) electrons. The van der Waals surface area contributed by atoms with Crippen molar-refractivity contribution < 1.29 is 9.90 Å². The van der Waals surface area contributed by atoms with Crippen molar-refractivity contribution in [3.8, 4) is 0 Å². The Morgan fingerprint density at radius 1 is 1.27 bits per heavy atom. The molecule has 0 bridgehead atoms. The van der Waals surface area contributed by atoms with E-state index < -0.39 is 5.91 Å². The number of nitrogens with two attached hydrogens (primary N) is 2. The number of fused-ring (bicyclic) bond motifs is 1. The van der Waals surface area contributed by atoms with Crippen LogP contribution in [0.3, 0.4) is 0 Å². The average Bonchev–Trinajstić information content (AvgIpc) is 2.99. The van der Waals surface area contributed by atoms with Gasteiger partial charge in [-0.25, -0.2) is 15.0 Å². The van der Waals surface area contributed by atoms with Crippen molar-refractivity contribution in [1.82, 2.24) is 24.8 Å². The summed E-state index contributed by atoms with van der Waals surface area (Å²) in [7, 11) is 0.